The molecule has 0 fully saturated rings. The monoisotopic (exact) mass is 351 g/mol. The van der Waals surface area contributed by atoms with Gasteiger partial charge < -0.3 is 14.4 Å². The van der Waals surface area contributed by atoms with Crippen molar-refractivity contribution in [2.45, 2.75) is 25.8 Å². The number of hydrogen-bond donors (Lipinski definition) is 0. The molecule has 1 atom stereocenters. The number of hydrogen-bond acceptors (Lipinski definition) is 3. The number of amides is 1. The van der Waals surface area contributed by atoms with Crippen LogP contribution in [0.2, 0.25) is 0 Å². The second-order valence-electron chi connectivity index (χ2n) is 6.43. The van der Waals surface area contributed by atoms with Crippen molar-refractivity contribution in [2.75, 3.05) is 20.8 Å². The first-order chi connectivity index (χ1) is 12.6. The normalized spacial score (nSPS) is 16.4. The number of fused-ring (bicyclic) bond motifs is 1. The number of ether oxygens (including phenoxy) is 2. The lowest BCUT2D eigenvalue weighted by atomic mass is 9.89. The van der Waals surface area contributed by atoms with Crippen LogP contribution in [0.3, 0.4) is 0 Å². The Hall–Kier alpha value is -2.75. The molecule has 2 aromatic rings. The zero-order valence-corrected chi connectivity index (χ0v) is 15.6. The lowest BCUT2D eigenvalue weighted by Crippen LogP contribution is -2.38. The quantitative estimate of drug-likeness (QED) is 0.808. The Morgan fingerprint density at radius 1 is 1.15 bits per heavy atom. The van der Waals surface area contributed by atoms with E-state index in [0.717, 1.165) is 36.3 Å². The van der Waals surface area contributed by atoms with Gasteiger partial charge in [-0.3, -0.25) is 4.79 Å². The van der Waals surface area contributed by atoms with Gasteiger partial charge in [-0.15, -0.1) is 0 Å². The molecule has 0 spiro atoms. The van der Waals surface area contributed by atoms with Crippen molar-refractivity contribution in [1.29, 1.82) is 0 Å². The summed E-state index contributed by atoms with van der Waals surface area (Å²) in [5.74, 6) is 1.54. The molecule has 4 heteroatoms. The fraction of sp³-hybridized carbons (Fsp3) is 0.318. The number of rotatable bonds is 5. The van der Waals surface area contributed by atoms with Gasteiger partial charge in [-0.2, -0.15) is 0 Å². The molecule has 1 unspecified atom stereocenters. The maximum absolute atomic E-state index is 12.2. The van der Waals surface area contributed by atoms with E-state index in [1.165, 1.54) is 5.56 Å². The lowest BCUT2D eigenvalue weighted by Gasteiger charge is -2.37. The minimum atomic E-state index is 0.0102. The van der Waals surface area contributed by atoms with Crippen LogP contribution in [-0.2, 0) is 11.2 Å². The molecule has 3 rings (SSSR count). The van der Waals surface area contributed by atoms with Gasteiger partial charge >= 0.3 is 0 Å². The van der Waals surface area contributed by atoms with E-state index < -0.39 is 0 Å². The van der Waals surface area contributed by atoms with E-state index in [2.05, 4.69) is 24.3 Å². The Kier molecular flexibility index (Phi) is 5.61. The molecule has 1 aliphatic rings. The van der Waals surface area contributed by atoms with E-state index in [1.54, 1.807) is 21.1 Å². The Morgan fingerprint density at radius 3 is 2.50 bits per heavy atom. The molecule has 0 N–H and O–H groups in total. The highest BCUT2D eigenvalue weighted by Crippen LogP contribution is 2.39. The SMILES string of the molecule is COc1cc2c(cc1OC)C(C/C=C/c1ccccc1)N(C(C)=O)CC2. The Bertz CT molecular complexity index is 799. The van der Waals surface area contributed by atoms with Gasteiger partial charge in [-0.1, -0.05) is 42.5 Å². The molecule has 0 saturated carbocycles. The molecule has 1 heterocycles. The number of benzene rings is 2. The van der Waals surface area contributed by atoms with E-state index in [0.29, 0.717) is 5.75 Å². The molecule has 0 aromatic heterocycles. The van der Waals surface area contributed by atoms with Crippen molar-refractivity contribution in [3.8, 4) is 11.5 Å². The first kappa shape index (κ1) is 18.1. The van der Waals surface area contributed by atoms with Crippen LogP contribution in [0, 0.1) is 0 Å². The zero-order valence-electron chi connectivity index (χ0n) is 15.6. The van der Waals surface area contributed by atoms with Crippen LogP contribution in [-0.4, -0.2) is 31.6 Å². The fourth-order valence-corrected chi connectivity index (χ4v) is 3.56. The summed E-state index contributed by atoms with van der Waals surface area (Å²) in [6, 6.07) is 14.3. The van der Waals surface area contributed by atoms with Gasteiger partial charge in [0.05, 0.1) is 20.3 Å². The topological polar surface area (TPSA) is 38.8 Å². The molecule has 4 nitrogen and oxygen atoms in total. The van der Waals surface area contributed by atoms with Crippen molar-refractivity contribution >= 4 is 12.0 Å². The third-order valence-electron chi connectivity index (χ3n) is 4.88. The summed E-state index contributed by atoms with van der Waals surface area (Å²) in [7, 11) is 3.29. The summed E-state index contributed by atoms with van der Waals surface area (Å²) >= 11 is 0. The van der Waals surface area contributed by atoms with Crippen LogP contribution in [0.1, 0.15) is 36.1 Å². The summed E-state index contributed by atoms with van der Waals surface area (Å²) in [5, 5.41) is 0. The largest absolute Gasteiger partial charge is 0.493 e. The van der Waals surface area contributed by atoms with Gasteiger partial charge in [0.2, 0.25) is 5.91 Å². The highest BCUT2D eigenvalue weighted by Gasteiger charge is 2.29. The van der Waals surface area contributed by atoms with Gasteiger partial charge in [-0.05, 0) is 41.7 Å². The van der Waals surface area contributed by atoms with Crippen LogP contribution in [0.25, 0.3) is 6.08 Å². The third kappa shape index (κ3) is 3.74. The molecule has 2 aromatic carbocycles. The summed E-state index contributed by atoms with van der Waals surface area (Å²) in [5.41, 5.74) is 3.52. The molecular formula is C22H25NO3. The minimum Gasteiger partial charge on any atom is -0.493 e. The second kappa shape index (κ2) is 8.09. The van der Waals surface area contributed by atoms with Crippen molar-refractivity contribution < 1.29 is 14.3 Å². The van der Waals surface area contributed by atoms with E-state index in [1.807, 2.05) is 35.2 Å². The predicted octanol–water partition coefficient (Wildman–Crippen LogP) is 4.25. The predicted molar refractivity (Wildman–Crippen MR) is 103 cm³/mol. The van der Waals surface area contributed by atoms with Crippen molar-refractivity contribution in [3.05, 3.63) is 65.2 Å². The Balaban J connectivity index is 1.92. The van der Waals surface area contributed by atoms with Crippen molar-refractivity contribution in [3.63, 3.8) is 0 Å². The summed E-state index contributed by atoms with van der Waals surface area (Å²) < 4.78 is 10.9. The lowest BCUT2D eigenvalue weighted by molar-refractivity contribution is -0.131. The van der Waals surface area contributed by atoms with Gasteiger partial charge in [-0.25, -0.2) is 0 Å². The molecule has 0 saturated heterocycles. The molecule has 1 aliphatic heterocycles. The number of carbonyl (C=O) groups excluding carboxylic acids is 1. The molecular weight excluding hydrogens is 326 g/mol. The molecule has 0 bridgehead atoms. The number of nitrogens with zero attached hydrogens (tertiary/aromatic N) is 1. The molecule has 1 amide bonds. The zero-order chi connectivity index (χ0) is 18.5. The van der Waals surface area contributed by atoms with E-state index in [9.17, 15) is 4.79 Å². The number of carbonyl (C=O) groups is 1. The van der Waals surface area contributed by atoms with E-state index in [4.69, 9.17) is 9.47 Å². The van der Waals surface area contributed by atoms with Crippen LogP contribution in [0.15, 0.2) is 48.5 Å². The minimum absolute atomic E-state index is 0.0102. The smallest absolute Gasteiger partial charge is 0.219 e. The summed E-state index contributed by atoms with van der Waals surface area (Å²) in [6.45, 7) is 2.36. The fourth-order valence-electron chi connectivity index (χ4n) is 3.56. The first-order valence-corrected chi connectivity index (χ1v) is 8.87. The van der Waals surface area contributed by atoms with Gasteiger partial charge in [0, 0.05) is 13.5 Å². The van der Waals surface area contributed by atoms with Gasteiger partial charge in [0.15, 0.2) is 11.5 Å². The van der Waals surface area contributed by atoms with Gasteiger partial charge in [0.25, 0.3) is 0 Å². The maximum Gasteiger partial charge on any atom is 0.219 e. The average Bonchev–Trinajstić information content (AvgIpc) is 2.67. The summed E-state index contributed by atoms with van der Waals surface area (Å²) in [6.07, 6.45) is 5.83. The van der Waals surface area contributed by atoms with Crippen molar-refractivity contribution in [1.82, 2.24) is 4.90 Å². The third-order valence-corrected chi connectivity index (χ3v) is 4.88. The average molecular weight is 351 g/mol. The highest BCUT2D eigenvalue weighted by atomic mass is 16.5. The second-order valence-corrected chi connectivity index (χ2v) is 6.43. The van der Waals surface area contributed by atoms with E-state index in [-0.39, 0.29) is 11.9 Å². The molecule has 136 valence electrons. The Labute approximate surface area is 155 Å². The first-order valence-electron chi connectivity index (χ1n) is 8.87. The molecule has 0 radical (unpaired) electrons. The molecule has 0 aliphatic carbocycles. The van der Waals surface area contributed by atoms with E-state index >= 15 is 0 Å². The summed E-state index contributed by atoms with van der Waals surface area (Å²) in [4.78, 5) is 14.1. The number of methoxy groups -OCH3 is 2. The van der Waals surface area contributed by atoms with Crippen LogP contribution >= 0.6 is 0 Å². The van der Waals surface area contributed by atoms with Crippen molar-refractivity contribution in [2.24, 2.45) is 0 Å². The van der Waals surface area contributed by atoms with Crippen LogP contribution < -0.4 is 9.47 Å². The molecule has 26 heavy (non-hydrogen) atoms. The highest BCUT2D eigenvalue weighted by molar-refractivity contribution is 5.74. The maximum atomic E-state index is 12.2. The Morgan fingerprint density at radius 2 is 1.85 bits per heavy atom. The van der Waals surface area contributed by atoms with Crippen LogP contribution in [0.5, 0.6) is 11.5 Å². The van der Waals surface area contributed by atoms with Gasteiger partial charge in [0.1, 0.15) is 0 Å². The standard InChI is InChI=1S/C22H25NO3/c1-16(24)23-13-12-18-14-21(25-2)22(26-3)15-19(18)20(23)11-7-10-17-8-5-4-6-9-17/h4-10,14-15,20H,11-13H2,1-3H3/b10-7+. The van der Waals surface area contributed by atoms with Crippen LogP contribution in [0.4, 0.5) is 0 Å².